The number of benzene rings is 1. The van der Waals surface area contributed by atoms with Crippen LogP contribution in [0.1, 0.15) is 32.3 Å². The van der Waals surface area contributed by atoms with Gasteiger partial charge in [0, 0.05) is 0 Å². The number of hydrogen-bond donors (Lipinski definition) is 1. The third-order valence-corrected chi connectivity index (χ3v) is 1.92. The minimum atomic E-state index is 0. The van der Waals surface area contributed by atoms with Crippen molar-refractivity contribution in [1.29, 1.82) is 0 Å². The summed E-state index contributed by atoms with van der Waals surface area (Å²) in [5.41, 5.74) is 1.35. The molecule has 0 spiro atoms. The summed E-state index contributed by atoms with van der Waals surface area (Å²) in [6, 6.07) is 10.5. The molecule has 0 aromatic heterocycles. The van der Waals surface area contributed by atoms with Gasteiger partial charge in [-0.25, -0.2) is 0 Å². The van der Waals surface area contributed by atoms with Crippen LogP contribution in [0.3, 0.4) is 0 Å². The summed E-state index contributed by atoms with van der Waals surface area (Å²) in [5.74, 6) is 0.810. The van der Waals surface area contributed by atoms with Crippen molar-refractivity contribution in [3.8, 4) is 0 Å². The first-order chi connectivity index (χ1) is 7.20. The van der Waals surface area contributed by atoms with Crippen LogP contribution in [0.5, 0.6) is 0 Å². The van der Waals surface area contributed by atoms with Crippen LogP contribution in [0.25, 0.3) is 0 Å². The zero-order valence-corrected chi connectivity index (χ0v) is 11.5. The molecule has 2 heteroatoms. The molecule has 1 aromatic carbocycles. The van der Waals surface area contributed by atoms with E-state index in [1.807, 2.05) is 14.1 Å². The molecule has 0 aliphatic heterocycles. The van der Waals surface area contributed by atoms with E-state index in [0.29, 0.717) is 0 Å². The Hall–Kier alpha value is -0.353. The Morgan fingerprint density at radius 3 is 2.06 bits per heavy atom. The Labute approximate surface area is 113 Å². The summed E-state index contributed by atoms with van der Waals surface area (Å²) in [6.45, 7) is 4.53. The molecular weight excluding hydrogens is 189 g/mol. The van der Waals surface area contributed by atoms with Crippen LogP contribution < -0.4 is 24.2 Å². The Kier molecular flexibility index (Phi) is 14.3. The minimum absolute atomic E-state index is 0. The van der Waals surface area contributed by atoms with Crippen molar-refractivity contribution in [3.05, 3.63) is 42.3 Å². The van der Waals surface area contributed by atoms with Gasteiger partial charge in [-0.15, -0.1) is 12.1 Å². The van der Waals surface area contributed by atoms with Gasteiger partial charge in [-0.2, -0.15) is 24.1 Å². The Bertz CT molecular complexity index is 221. The van der Waals surface area contributed by atoms with Crippen LogP contribution in [0.4, 0.5) is 0 Å². The van der Waals surface area contributed by atoms with Gasteiger partial charge in [-0.3, -0.25) is 0 Å². The molecule has 0 saturated heterocycles. The average Bonchev–Trinajstić information content (AvgIpc) is 2.20. The van der Waals surface area contributed by atoms with Crippen molar-refractivity contribution in [1.82, 2.24) is 5.32 Å². The van der Waals surface area contributed by atoms with Crippen LogP contribution in [-0.2, 0) is 0 Å². The molecule has 0 amide bonds. The van der Waals surface area contributed by atoms with Gasteiger partial charge in [0.2, 0.25) is 0 Å². The molecule has 0 saturated carbocycles. The number of rotatable bonds is 4. The Morgan fingerprint density at radius 1 is 1.12 bits per heavy atom. The first-order valence-electron chi connectivity index (χ1n) is 5.67. The van der Waals surface area contributed by atoms with Crippen molar-refractivity contribution in [3.63, 3.8) is 0 Å². The largest absolute Gasteiger partial charge is 1.00 e. The maximum Gasteiger partial charge on any atom is 1.00 e. The number of nitrogens with one attached hydrogen (secondary N) is 1. The third kappa shape index (κ3) is 11.7. The van der Waals surface area contributed by atoms with Crippen LogP contribution in [-0.4, -0.2) is 14.1 Å². The summed E-state index contributed by atoms with van der Waals surface area (Å²) >= 11 is 0. The van der Waals surface area contributed by atoms with Crippen molar-refractivity contribution in [2.24, 2.45) is 5.92 Å². The van der Waals surface area contributed by atoms with E-state index in [9.17, 15) is 0 Å². The molecule has 1 nitrogen and oxygen atoms in total. The monoisotopic (exact) mass is 213 g/mol. The van der Waals surface area contributed by atoms with Gasteiger partial charge in [0.1, 0.15) is 0 Å². The molecule has 0 atom stereocenters. The van der Waals surface area contributed by atoms with Crippen molar-refractivity contribution in [2.45, 2.75) is 26.7 Å². The van der Waals surface area contributed by atoms with Crippen LogP contribution in [0, 0.1) is 12.3 Å². The first kappa shape index (κ1) is 18.0. The molecule has 1 aromatic rings. The van der Waals surface area contributed by atoms with Crippen LogP contribution in [0.2, 0.25) is 0 Å². The SMILES string of the molecule is CC(C)CC[CH-]c1ccccc1.CNC.[Li+]. The van der Waals surface area contributed by atoms with Crippen LogP contribution in [0.15, 0.2) is 30.3 Å². The molecular formula is C14H24LiN. The Morgan fingerprint density at radius 2 is 1.62 bits per heavy atom. The zero-order valence-electron chi connectivity index (χ0n) is 11.5. The van der Waals surface area contributed by atoms with Crippen molar-refractivity contribution in [2.75, 3.05) is 14.1 Å². The maximum atomic E-state index is 2.75. The van der Waals surface area contributed by atoms with Gasteiger partial charge < -0.3 is 5.32 Å². The fourth-order valence-electron chi connectivity index (χ4n) is 1.17. The molecule has 0 unspecified atom stereocenters. The summed E-state index contributed by atoms with van der Waals surface area (Å²) in [7, 11) is 3.75. The maximum absolute atomic E-state index is 2.75. The second-order valence-corrected chi connectivity index (χ2v) is 4.09. The van der Waals surface area contributed by atoms with Crippen molar-refractivity contribution < 1.29 is 18.9 Å². The second kappa shape index (κ2) is 12.7. The van der Waals surface area contributed by atoms with E-state index in [2.05, 4.69) is 55.9 Å². The molecule has 0 aliphatic rings. The van der Waals surface area contributed by atoms with Gasteiger partial charge in [-0.1, -0.05) is 32.8 Å². The topological polar surface area (TPSA) is 12.0 Å². The fraction of sp³-hybridized carbons (Fsp3) is 0.500. The quantitative estimate of drug-likeness (QED) is 0.568. The normalized spacial score (nSPS) is 8.81. The van der Waals surface area contributed by atoms with Gasteiger partial charge in [-0.05, 0) is 20.0 Å². The molecule has 1 rings (SSSR count). The van der Waals surface area contributed by atoms with Gasteiger partial charge in [0.05, 0.1) is 0 Å². The van der Waals surface area contributed by atoms with E-state index >= 15 is 0 Å². The van der Waals surface area contributed by atoms with E-state index in [-0.39, 0.29) is 18.9 Å². The minimum Gasteiger partial charge on any atom is -0.323 e. The summed E-state index contributed by atoms with van der Waals surface area (Å²) < 4.78 is 0. The first-order valence-corrected chi connectivity index (χ1v) is 5.67. The van der Waals surface area contributed by atoms with E-state index in [4.69, 9.17) is 0 Å². The zero-order chi connectivity index (χ0) is 11.5. The average molecular weight is 213 g/mol. The van der Waals surface area contributed by atoms with Gasteiger partial charge >= 0.3 is 18.9 Å². The molecule has 0 fully saturated rings. The smallest absolute Gasteiger partial charge is 0.323 e. The van der Waals surface area contributed by atoms with E-state index in [1.165, 1.54) is 18.4 Å². The standard InChI is InChI=1S/C12H17.C2H7N.Li/c1-11(2)7-6-10-12-8-4-3-5-9-12;1-3-2;/h3-5,8-11H,6-7H2,1-2H3;3H,1-2H3;/q-1;;+1. The van der Waals surface area contributed by atoms with E-state index in [1.54, 1.807) is 0 Å². The molecule has 16 heavy (non-hydrogen) atoms. The third-order valence-electron chi connectivity index (χ3n) is 1.92. The summed E-state index contributed by atoms with van der Waals surface area (Å²) in [5, 5.41) is 2.75. The van der Waals surface area contributed by atoms with Gasteiger partial charge in [0.15, 0.2) is 0 Å². The molecule has 0 radical (unpaired) electrons. The molecule has 0 heterocycles. The summed E-state index contributed by atoms with van der Waals surface area (Å²) in [4.78, 5) is 0. The number of hydrogen-bond acceptors (Lipinski definition) is 1. The predicted molar refractivity (Wildman–Crippen MR) is 68.9 cm³/mol. The molecule has 1 N–H and O–H groups in total. The second-order valence-electron chi connectivity index (χ2n) is 4.09. The van der Waals surface area contributed by atoms with E-state index < -0.39 is 0 Å². The predicted octanol–water partition coefficient (Wildman–Crippen LogP) is 0.515. The van der Waals surface area contributed by atoms with Crippen LogP contribution >= 0.6 is 0 Å². The molecule has 86 valence electrons. The van der Waals surface area contributed by atoms with Gasteiger partial charge in [0.25, 0.3) is 0 Å². The van der Waals surface area contributed by atoms with E-state index in [0.717, 1.165) is 5.92 Å². The van der Waals surface area contributed by atoms with Crippen molar-refractivity contribution >= 4 is 0 Å². The molecule has 0 aliphatic carbocycles. The molecule has 0 bridgehead atoms. The Balaban J connectivity index is 0. The summed E-state index contributed by atoms with van der Waals surface area (Å²) in [6.07, 6.45) is 4.79. The fourth-order valence-corrected chi connectivity index (χ4v) is 1.17.